The zero-order valence-electron chi connectivity index (χ0n) is 8.64. The molecule has 2 N–H and O–H groups in total. The summed E-state index contributed by atoms with van der Waals surface area (Å²) in [6, 6.07) is 2.35. The van der Waals surface area contributed by atoms with E-state index in [1.165, 1.54) is 6.07 Å². The fourth-order valence-corrected chi connectivity index (χ4v) is 1.75. The molecule has 1 aliphatic rings. The average Bonchev–Trinajstić information content (AvgIpc) is 2.27. The van der Waals surface area contributed by atoms with Crippen LogP contribution < -0.4 is 0 Å². The Bertz CT molecular complexity index is 569. The number of carboxylic acid groups (broad SMARTS) is 2. The first-order valence-corrected chi connectivity index (χ1v) is 4.85. The Labute approximate surface area is 96.0 Å². The maximum absolute atomic E-state index is 11.5. The molecule has 2 rings (SSSR count). The molecule has 0 radical (unpaired) electrons. The van der Waals surface area contributed by atoms with Crippen molar-refractivity contribution in [2.45, 2.75) is 6.42 Å². The second-order valence-electron chi connectivity index (χ2n) is 3.63. The Morgan fingerprint density at radius 1 is 1.06 bits per heavy atom. The lowest BCUT2D eigenvalue weighted by molar-refractivity contribution is 0.0651. The third kappa shape index (κ3) is 1.82. The Morgan fingerprint density at radius 2 is 1.65 bits per heavy atom. The van der Waals surface area contributed by atoms with Crippen LogP contribution >= 0.6 is 0 Å². The van der Waals surface area contributed by atoms with Gasteiger partial charge in [0.05, 0.1) is 11.1 Å². The maximum atomic E-state index is 11.5. The van der Waals surface area contributed by atoms with E-state index in [1.54, 1.807) is 12.2 Å². The number of hydrogen-bond acceptors (Lipinski definition) is 3. The quantitative estimate of drug-likeness (QED) is 0.809. The van der Waals surface area contributed by atoms with E-state index in [1.807, 2.05) is 0 Å². The first-order valence-electron chi connectivity index (χ1n) is 4.85. The number of benzene rings is 1. The molecule has 1 aromatic rings. The predicted octanol–water partition coefficient (Wildman–Crippen LogP) is 1.68. The van der Waals surface area contributed by atoms with Crippen LogP contribution in [0.15, 0.2) is 18.2 Å². The van der Waals surface area contributed by atoms with Gasteiger partial charge in [-0.25, -0.2) is 9.59 Å². The van der Waals surface area contributed by atoms with Gasteiger partial charge in [-0.15, -0.1) is 0 Å². The number of ketones is 1. The van der Waals surface area contributed by atoms with Crippen LogP contribution in [0, 0.1) is 0 Å². The molecule has 0 fully saturated rings. The number of carbonyl (C=O) groups is 3. The summed E-state index contributed by atoms with van der Waals surface area (Å²) in [6.45, 7) is 0. The van der Waals surface area contributed by atoms with Crippen LogP contribution in [0.25, 0.3) is 6.08 Å². The van der Waals surface area contributed by atoms with E-state index in [9.17, 15) is 14.4 Å². The number of hydrogen-bond donors (Lipinski definition) is 2. The Kier molecular flexibility index (Phi) is 2.51. The van der Waals surface area contributed by atoms with Gasteiger partial charge >= 0.3 is 11.9 Å². The van der Waals surface area contributed by atoms with Gasteiger partial charge in [-0.3, -0.25) is 4.79 Å². The van der Waals surface area contributed by atoms with Gasteiger partial charge in [-0.2, -0.15) is 0 Å². The highest BCUT2D eigenvalue weighted by Crippen LogP contribution is 2.23. The third-order valence-corrected chi connectivity index (χ3v) is 2.55. The molecule has 0 bridgehead atoms. The van der Waals surface area contributed by atoms with Crippen molar-refractivity contribution in [3.05, 3.63) is 40.5 Å². The van der Waals surface area contributed by atoms with E-state index in [2.05, 4.69) is 0 Å². The van der Waals surface area contributed by atoms with Crippen molar-refractivity contribution >= 4 is 23.8 Å². The Hall–Kier alpha value is -2.43. The van der Waals surface area contributed by atoms with Gasteiger partial charge in [0.1, 0.15) is 0 Å². The van der Waals surface area contributed by atoms with Crippen LogP contribution in [-0.2, 0) is 0 Å². The molecular weight excluding hydrogens is 224 g/mol. The largest absolute Gasteiger partial charge is 0.478 e. The molecule has 5 heteroatoms. The van der Waals surface area contributed by atoms with Gasteiger partial charge in [0.2, 0.25) is 0 Å². The van der Waals surface area contributed by atoms with Gasteiger partial charge in [0, 0.05) is 12.0 Å². The van der Waals surface area contributed by atoms with Crippen LogP contribution in [0.4, 0.5) is 0 Å². The molecule has 0 spiro atoms. The lowest BCUT2D eigenvalue weighted by Crippen LogP contribution is -2.13. The molecular formula is C12H8O5. The predicted molar refractivity (Wildman–Crippen MR) is 58.3 cm³/mol. The van der Waals surface area contributed by atoms with E-state index in [0.717, 1.165) is 6.07 Å². The number of Topliss-reactive ketones (excluding diaryl/α,β-unsaturated/α-hetero) is 1. The molecule has 5 nitrogen and oxygen atoms in total. The molecule has 0 aliphatic heterocycles. The van der Waals surface area contributed by atoms with Crippen LogP contribution in [-0.4, -0.2) is 27.9 Å². The van der Waals surface area contributed by atoms with Gasteiger partial charge in [-0.1, -0.05) is 12.2 Å². The van der Waals surface area contributed by atoms with Crippen LogP contribution in [0.5, 0.6) is 0 Å². The minimum absolute atomic E-state index is 0.207. The fourth-order valence-electron chi connectivity index (χ4n) is 1.75. The Morgan fingerprint density at radius 3 is 2.24 bits per heavy atom. The number of allylic oxidation sites excluding steroid dienone is 1. The lowest BCUT2D eigenvalue weighted by Gasteiger charge is -2.12. The average molecular weight is 232 g/mol. The summed E-state index contributed by atoms with van der Waals surface area (Å²) < 4.78 is 0. The van der Waals surface area contributed by atoms with Crippen LogP contribution in [0.2, 0.25) is 0 Å². The smallest absolute Gasteiger partial charge is 0.336 e. The third-order valence-electron chi connectivity index (χ3n) is 2.55. The summed E-state index contributed by atoms with van der Waals surface area (Å²) in [5.41, 5.74) is 0.0362. The first-order chi connectivity index (χ1) is 8.00. The zero-order chi connectivity index (χ0) is 12.6. The van der Waals surface area contributed by atoms with Gasteiger partial charge in [0.25, 0.3) is 0 Å². The fraction of sp³-hybridized carbons (Fsp3) is 0.0833. The molecule has 0 saturated carbocycles. The highest BCUT2D eigenvalue weighted by molar-refractivity contribution is 6.08. The summed E-state index contributed by atoms with van der Waals surface area (Å²) in [5, 5.41) is 17.8. The van der Waals surface area contributed by atoms with E-state index in [-0.39, 0.29) is 28.9 Å². The van der Waals surface area contributed by atoms with E-state index in [0.29, 0.717) is 5.56 Å². The van der Waals surface area contributed by atoms with Crippen molar-refractivity contribution in [3.63, 3.8) is 0 Å². The minimum atomic E-state index is -1.35. The summed E-state index contributed by atoms with van der Waals surface area (Å²) in [4.78, 5) is 33.4. The SMILES string of the molecule is O=C1CC=Cc2cc(C(=O)O)c(C(=O)O)cc21. The second kappa shape index (κ2) is 3.86. The molecule has 0 heterocycles. The summed E-state index contributed by atoms with van der Waals surface area (Å²) in [5.74, 6) is -2.88. The van der Waals surface area contributed by atoms with Crippen molar-refractivity contribution in [1.82, 2.24) is 0 Å². The normalized spacial score (nSPS) is 13.3. The number of rotatable bonds is 2. The minimum Gasteiger partial charge on any atom is -0.478 e. The Balaban J connectivity index is 2.72. The zero-order valence-corrected chi connectivity index (χ0v) is 8.64. The first kappa shape index (κ1) is 11.1. The standard InChI is InChI=1S/C12H8O5/c13-10-3-1-2-6-4-8(11(14)15)9(12(16)17)5-7(6)10/h1-2,4-5H,3H2,(H,14,15)(H,16,17). The maximum Gasteiger partial charge on any atom is 0.336 e. The highest BCUT2D eigenvalue weighted by atomic mass is 16.4. The summed E-state index contributed by atoms with van der Waals surface area (Å²) >= 11 is 0. The van der Waals surface area contributed by atoms with Gasteiger partial charge < -0.3 is 10.2 Å². The van der Waals surface area contributed by atoms with E-state index < -0.39 is 11.9 Å². The lowest BCUT2D eigenvalue weighted by atomic mass is 9.91. The molecule has 0 atom stereocenters. The molecule has 86 valence electrons. The number of carbonyl (C=O) groups excluding carboxylic acids is 1. The number of fused-ring (bicyclic) bond motifs is 1. The number of aromatic carboxylic acids is 2. The van der Waals surface area contributed by atoms with E-state index >= 15 is 0 Å². The molecule has 1 aliphatic carbocycles. The second-order valence-corrected chi connectivity index (χ2v) is 3.63. The number of carboxylic acids is 2. The van der Waals surface area contributed by atoms with E-state index in [4.69, 9.17) is 10.2 Å². The molecule has 17 heavy (non-hydrogen) atoms. The molecule has 1 aromatic carbocycles. The van der Waals surface area contributed by atoms with Gasteiger partial charge in [-0.05, 0) is 17.7 Å². The van der Waals surface area contributed by atoms with Gasteiger partial charge in [0.15, 0.2) is 5.78 Å². The van der Waals surface area contributed by atoms with Crippen molar-refractivity contribution in [1.29, 1.82) is 0 Å². The summed E-state index contributed by atoms with van der Waals surface area (Å²) in [7, 11) is 0. The van der Waals surface area contributed by atoms with Crippen molar-refractivity contribution in [3.8, 4) is 0 Å². The van der Waals surface area contributed by atoms with Crippen molar-refractivity contribution < 1.29 is 24.6 Å². The van der Waals surface area contributed by atoms with Crippen molar-refractivity contribution in [2.24, 2.45) is 0 Å². The van der Waals surface area contributed by atoms with Crippen LogP contribution in [0.1, 0.15) is 43.1 Å². The molecule has 0 amide bonds. The highest BCUT2D eigenvalue weighted by Gasteiger charge is 2.22. The topological polar surface area (TPSA) is 91.7 Å². The summed E-state index contributed by atoms with van der Waals surface area (Å²) in [6.07, 6.45) is 3.45. The molecule has 0 saturated heterocycles. The van der Waals surface area contributed by atoms with Crippen LogP contribution in [0.3, 0.4) is 0 Å². The van der Waals surface area contributed by atoms with Crippen molar-refractivity contribution in [2.75, 3.05) is 0 Å². The molecule has 0 aromatic heterocycles. The molecule has 0 unspecified atom stereocenters. The monoisotopic (exact) mass is 232 g/mol.